The maximum Gasteiger partial charge on any atom is 0.415 e. The molecule has 0 saturated carbocycles. The second kappa shape index (κ2) is 8.54. The number of anilines is 4. The van der Waals surface area contributed by atoms with E-state index >= 15 is 0 Å². The quantitative estimate of drug-likeness (QED) is 0.543. The Morgan fingerprint density at radius 1 is 1.11 bits per heavy atom. The number of nitrogens with one attached hydrogen (secondary N) is 2. The molecule has 188 valence electrons. The number of carbonyl (C=O) groups is 2. The summed E-state index contributed by atoms with van der Waals surface area (Å²) in [5, 5.41) is 7.38. The number of ether oxygens (including phenoxy) is 2. The molecule has 2 aromatic carbocycles. The number of carbonyl (C=O) groups excluding carboxylic acids is 2. The van der Waals surface area contributed by atoms with Crippen LogP contribution in [-0.4, -0.2) is 64.9 Å². The normalized spacial score (nSPS) is 16.6. The highest BCUT2D eigenvalue weighted by Gasteiger charge is 2.56. The van der Waals surface area contributed by atoms with Gasteiger partial charge in [-0.15, -0.1) is 0 Å². The third kappa shape index (κ3) is 4.34. The van der Waals surface area contributed by atoms with E-state index in [1.165, 1.54) is 6.33 Å². The predicted molar refractivity (Wildman–Crippen MR) is 138 cm³/mol. The second-order valence-electron chi connectivity index (χ2n) is 10.3. The number of aromatic nitrogens is 2. The molecule has 3 heterocycles. The molecule has 1 spiro atoms. The molecular weight excluding hydrogens is 460 g/mol. The summed E-state index contributed by atoms with van der Waals surface area (Å²) in [6.07, 6.45) is 0.668. The third-order valence-electron chi connectivity index (χ3n) is 6.37. The molecule has 1 aromatic heterocycles. The summed E-state index contributed by atoms with van der Waals surface area (Å²) in [6.45, 7) is 8.44. The zero-order valence-corrected chi connectivity index (χ0v) is 21.1. The molecule has 0 atom stereocenters. The van der Waals surface area contributed by atoms with E-state index in [9.17, 15) is 9.59 Å². The molecule has 2 aliphatic heterocycles. The van der Waals surface area contributed by atoms with Gasteiger partial charge >= 0.3 is 12.2 Å². The molecule has 0 radical (unpaired) electrons. The molecular formula is C26H30N6O4. The van der Waals surface area contributed by atoms with Gasteiger partial charge in [0.2, 0.25) is 0 Å². The maximum absolute atomic E-state index is 12.8. The third-order valence-corrected chi connectivity index (χ3v) is 6.37. The van der Waals surface area contributed by atoms with Crippen molar-refractivity contribution in [3.63, 3.8) is 0 Å². The molecule has 10 nitrogen and oxygen atoms in total. The number of rotatable bonds is 4. The van der Waals surface area contributed by atoms with E-state index in [0.717, 1.165) is 27.8 Å². The average molecular weight is 491 g/mol. The van der Waals surface area contributed by atoms with Gasteiger partial charge in [0.15, 0.2) is 5.60 Å². The summed E-state index contributed by atoms with van der Waals surface area (Å²) in [5.41, 5.74) is 3.12. The fraction of sp³-hybridized carbons (Fsp3) is 0.385. The Bertz CT molecular complexity index is 1350. The van der Waals surface area contributed by atoms with E-state index in [2.05, 4.69) is 20.6 Å². The van der Waals surface area contributed by atoms with E-state index in [0.29, 0.717) is 31.1 Å². The van der Waals surface area contributed by atoms with Crippen LogP contribution in [0.15, 0.2) is 42.7 Å². The van der Waals surface area contributed by atoms with Crippen LogP contribution >= 0.6 is 0 Å². The minimum Gasteiger partial charge on any atom is -0.444 e. The summed E-state index contributed by atoms with van der Waals surface area (Å²) in [7, 11) is 1.88. The lowest BCUT2D eigenvalue weighted by atomic mass is 9.94. The molecule has 0 bridgehead atoms. The summed E-state index contributed by atoms with van der Waals surface area (Å²) in [6, 6.07) is 11.6. The summed E-state index contributed by atoms with van der Waals surface area (Å²) >= 11 is 0. The average Bonchev–Trinajstić information content (AvgIpc) is 3.16. The van der Waals surface area contributed by atoms with Crippen molar-refractivity contribution in [1.82, 2.24) is 14.9 Å². The Balaban J connectivity index is 1.37. The number of hydrogen-bond acceptors (Lipinski definition) is 8. The largest absolute Gasteiger partial charge is 0.444 e. The van der Waals surface area contributed by atoms with E-state index < -0.39 is 23.4 Å². The first-order valence-electron chi connectivity index (χ1n) is 11.9. The van der Waals surface area contributed by atoms with Crippen LogP contribution in [0.25, 0.3) is 10.9 Å². The highest BCUT2D eigenvalue weighted by molar-refractivity contribution is 5.98. The number of likely N-dealkylation sites (tertiary alicyclic amines) is 1. The van der Waals surface area contributed by atoms with E-state index in [1.807, 2.05) is 71.1 Å². The van der Waals surface area contributed by atoms with Gasteiger partial charge in [-0.2, -0.15) is 0 Å². The van der Waals surface area contributed by atoms with E-state index in [4.69, 9.17) is 9.47 Å². The van der Waals surface area contributed by atoms with Gasteiger partial charge in [0.1, 0.15) is 17.7 Å². The Hall–Kier alpha value is -4.08. The number of amides is 2. The topological polar surface area (TPSA) is 109 Å². The van der Waals surface area contributed by atoms with Crippen molar-refractivity contribution in [3.8, 4) is 0 Å². The molecule has 2 aliphatic rings. The number of hydrogen-bond donors (Lipinski definition) is 2. The highest BCUT2D eigenvalue weighted by Crippen LogP contribution is 2.37. The van der Waals surface area contributed by atoms with Gasteiger partial charge in [-0.3, -0.25) is 9.80 Å². The second-order valence-corrected chi connectivity index (χ2v) is 10.3. The molecule has 0 aliphatic carbocycles. The molecule has 5 rings (SSSR count). The van der Waals surface area contributed by atoms with Gasteiger partial charge < -0.3 is 20.1 Å². The minimum absolute atomic E-state index is 0.300. The van der Waals surface area contributed by atoms with Crippen LogP contribution in [0.4, 0.5) is 32.5 Å². The monoisotopic (exact) mass is 490 g/mol. The first-order chi connectivity index (χ1) is 17.1. The SMILES string of the molecule is CNc1cccc(Nc2ncnc3ccc(N4CC5(CN(C(=O)OC(C)(C)C)C5)OC4=O)cc23)c1C. The van der Waals surface area contributed by atoms with Crippen molar-refractivity contribution in [2.45, 2.75) is 38.9 Å². The summed E-state index contributed by atoms with van der Waals surface area (Å²) in [4.78, 5) is 37.2. The number of benzene rings is 2. The molecule has 2 N–H and O–H groups in total. The summed E-state index contributed by atoms with van der Waals surface area (Å²) in [5.74, 6) is 0.639. The fourth-order valence-electron chi connectivity index (χ4n) is 4.57. The maximum atomic E-state index is 12.8. The standard InChI is InChI=1S/C26H30N6O4/c1-16-19(27-5)7-6-8-20(16)30-22-18-11-17(9-10-21(18)28-15-29-22)32-14-26(36-24(32)34)12-31(13-26)23(33)35-25(2,3)4/h6-11,15,27H,12-14H2,1-5H3,(H,28,29,30). The lowest BCUT2D eigenvalue weighted by Crippen LogP contribution is -2.66. The van der Waals surface area contributed by atoms with Crippen LogP contribution < -0.4 is 15.5 Å². The predicted octanol–water partition coefficient (Wildman–Crippen LogP) is 4.67. The van der Waals surface area contributed by atoms with Gasteiger partial charge in [0.05, 0.1) is 25.2 Å². The van der Waals surface area contributed by atoms with Gasteiger partial charge in [0, 0.05) is 29.5 Å². The van der Waals surface area contributed by atoms with E-state index in [-0.39, 0.29) is 0 Å². The molecule has 0 unspecified atom stereocenters. The Morgan fingerprint density at radius 2 is 1.86 bits per heavy atom. The van der Waals surface area contributed by atoms with Crippen molar-refractivity contribution in [2.24, 2.45) is 0 Å². The molecule has 2 saturated heterocycles. The number of fused-ring (bicyclic) bond motifs is 1. The van der Waals surface area contributed by atoms with Crippen molar-refractivity contribution in [3.05, 3.63) is 48.3 Å². The molecule has 2 amide bonds. The van der Waals surface area contributed by atoms with Gasteiger partial charge in [0.25, 0.3) is 0 Å². The lowest BCUT2D eigenvalue weighted by molar-refractivity contribution is -0.0779. The molecule has 10 heteroatoms. The minimum atomic E-state index is -0.734. The Labute approximate surface area is 209 Å². The Kier molecular flexibility index (Phi) is 5.61. The molecule has 36 heavy (non-hydrogen) atoms. The van der Waals surface area contributed by atoms with Crippen LogP contribution in [0.2, 0.25) is 0 Å². The van der Waals surface area contributed by atoms with Gasteiger partial charge in [-0.25, -0.2) is 19.6 Å². The van der Waals surface area contributed by atoms with Crippen molar-refractivity contribution >= 4 is 46.0 Å². The first kappa shape index (κ1) is 23.7. The van der Waals surface area contributed by atoms with Crippen LogP contribution in [0, 0.1) is 6.92 Å². The lowest BCUT2D eigenvalue weighted by Gasteiger charge is -2.45. The summed E-state index contributed by atoms with van der Waals surface area (Å²) < 4.78 is 11.1. The molecule has 2 fully saturated rings. The van der Waals surface area contributed by atoms with Crippen LogP contribution in [0.1, 0.15) is 26.3 Å². The fourth-order valence-corrected chi connectivity index (χ4v) is 4.57. The van der Waals surface area contributed by atoms with Crippen LogP contribution in [0.3, 0.4) is 0 Å². The number of nitrogens with zero attached hydrogens (tertiary/aromatic N) is 4. The molecule has 3 aromatic rings. The first-order valence-corrected chi connectivity index (χ1v) is 11.9. The zero-order chi connectivity index (χ0) is 25.7. The van der Waals surface area contributed by atoms with Crippen molar-refractivity contribution < 1.29 is 19.1 Å². The van der Waals surface area contributed by atoms with Crippen molar-refractivity contribution in [2.75, 3.05) is 42.2 Å². The van der Waals surface area contributed by atoms with Gasteiger partial charge in [-0.1, -0.05) is 6.07 Å². The van der Waals surface area contributed by atoms with Gasteiger partial charge in [-0.05, 0) is 63.6 Å². The zero-order valence-electron chi connectivity index (χ0n) is 21.1. The van der Waals surface area contributed by atoms with Crippen LogP contribution in [0.5, 0.6) is 0 Å². The van der Waals surface area contributed by atoms with Crippen molar-refractivity contribution in [1.29, 1.82) is 0 Å². The smallest absolute Gasteiger partial charge is 0.415 e. The van der Waals surface area contributed by atoms with Crippen LogP contribution in [-0.2, 0) is 9.47 Å². The Morgan fingerprint density at radius 3 is 2.58 bits per heavy atom. The highest BCUT2D eigenvalue weighted by atomic mass is 16.6. The van der Waals surface area contributed by atoms with E-state index in [1.54, 1.807) is 9.80 Å².